The van der Waals surface area contributed by atoms with E-state index in [-0.39, 0.29) is 11.9 Å². The van der Waals surface area contributed by atoms with Crippen LogP contribution in [0.3, 0.4) is 0 Å². The summed E-state index contributed by atoms with van der Waals surface area (Å²) in [6.45, 7) is 0.550. The first-order chi connectivity index (χ1) is 12.8. The monoisotopic (exact) mass is 351 g/mol. The van der Waals surface area contributed by atoms with Crippen LogP contribution in [0.1, 0.15) is 49.3 Å². The molecule has 2 fully saturated rings. The van der Waals surface area contributed by atoms with Crippen molar-refractivity contribution in [2.75, 3.05) is 0 Å². The van der Waals surface area contributed by atoms with Crippen LogP contribution < -0.4 is 10.6 Å². The molecule has 1 saturated heterocycles. The molecule has 136 valence electrons. The Hall–Kier alpha value is -2.36. The summed E-state index contributed by atoms with van der Waals surface area (Å²) in [7, 11) is 0. The maximum atomic E-state index is 13.1. The highest BCUT2D eigenvalue weighted by molar-refractivity contribution is 5.83. The van der Waals surface area contributed by atoms with Crippen molar-refractivity contribution in [3.63, 3.8) is 0 Å². The molecule has 2 atom stereocenters. The van der Waals surface area contributed by atoms with E-state index in [1.54, 1.807) is 12.1 Å². The third-order valence-electron chi connectivity index (χ3n) is 5.60. The van der Waals surface area contributed by atoms with Gasteiger partial charge in [0, 0.05) is 0 Å². The molecule has 2 aliphatic rings. The first kappa shape index (κ1) is 17.1. The van der Waals surface area contributed by atoms with E-state index in [1.807, 2.05) is 0 Å². The second-order valence-electron chi connectivity index (χ2n) is 7.39. The second kappa shape index (κ2) is 7.90. The number of halogens is 1. The van der Waals surface area contributed by atoms with Gasteiger partial charge in [0.15, 0.2) is 5.96 Å². The van der Waals surface area contributed by atoms with Crippen LogP contribution in [0.15, 0.2) is 59.6 Å². The topological polar surface area (TPSA) is 36.4 Å². The number of nitrogens with zero attached hydrogens (tertiary/aromatic N) is 1. The van der Waals surface area contributed by atoms with Crippen molar-refractivity contribution < 1.29 is 4.39 Å². The van der Waals surface area contributed by atoms with E-state index >= 15 is 0 Å². The molecule has 3 nitrogen and oxygen atoms in total. The van der Waals surface area contributed by atoms with E-state index in [1.165, 1.54) is 49.8 Å². The van der Waals surface area contributed by atoms with Crippen molar-refractivity contribution in [2.24, 2.45) is 10.9 Å². The maximum absolute atomic E-state index is 13.1. The number of hydrogen-bond donors (Lipinski definition) is 2. The minimum Gasteiger partial charge on any atom is -0.351 e. The molecule has 1 aliphatic carbocycles. The molecular formula is C22H26FN3. The van der Waals surface area contributed by atoms with Crippen molar-refractivity contribution in [1.82, 2.24) is 10.6 Å². The van der Waals surface area contributed by atoms with Crippen LogP contribution in [0.4, 0.5) is 4.39 Å². The van der Waals surface area contributed by atoms with E-state index in [4.69, 9.17) is 4.99 Å². The number of rotatable bonds is 4. The highest BCUT2D eigenvalue weighted by Crippen LogP contribution is 2.34. The molecule has 0 bridgehead atoms. The fourth-order valence-electron chi connectivity index (χ4n) is 4.21. The Kier molecular flexibility index (Phi) is 5.19. The SMILES string of the molecule is Fc1ccc(CN=C2NC(C3CCCCC3)[C@H](c3ccccc3)N2)cc1. The lowest BCUT2D eigenvalue weighted by molar-refractivity contribution is 0.271. The summed E-state index contributed by atoms with van der Waals surface area (Å²) in [5, 5.41) is 7.26. The smallest absolute Gasteiger partial charge is 0.192 e. The minimum atomic E-state index is -0.208. The Morgan fingerprint density at radius 1 is 0.885 bits per heavy atom. The zero-order chi connectivity index (χ0) is 17.8. The summed E-state index contributed by atoms with van der Waals surface area (Å²) < 4.78 is 13.1. The summed E-state index contributed by atoms with van der Waals surface area (Å²) in [6.07, 6.45) is 6.58. The van der Waals surface area contributed by atoms with Crippen LogP contribution in [0.2, 0.25) is 0 Å². The molecule has 2 aromatic rings. The molecule has 0 spiro atoms. The first-order valence-electron chi connectivity index (χ1n) is 9.66. The molecule has 4 heteroatoms. The van der Waals surface area contributed by atoms with Crippen molar-refractivity contribution in [2.45, 2.75) is 50.7 Å². The van der Waals surface area contributed by atoms with Crippen molar-refractivity contribution >= 4 is 5.96 Å². The van der Waals surface area contributed by atoms with Gasteiger partial charge in [-0.25, -0.2) is 9.38 Å². The van der Waals surface area contributed by atoms with E-state index in [0.29, 0.717) is 18.5 Å². The van der Waals surface area contributed by atoms with Crippen molar-refractivity contribution in [3.8, 4) is 0 Å². The zero-order valence-electron chi connectivity index (χ0n) is 15.0. The lowest BCUT2D eigenvalue weighted by Gasteiger charge is -2.30. The predicted molar refractivity (Wildman–Crippen MR) is 103 cm³/mol. The third-order valence-corrected chi connectivity index (χ3v) is 5.60. The van der Waals surface area contributed by atoms with Crippen LogP contribution in [-0.2, 0) is 6.54 Å². The van der Waals surface area contributed by atoms with Gasteiger partial charge in [-0.15, -0.1) is 0 Å². The van der Waals surface area contributed by atoms with Crippen LogP contribution in [-0.4, -0.2) is 12.0 Å². The van der Waals surface area contributed by atoms with E-state index in [2.05, 4.69) is 41.0 Å². The highest BCUT2D eigenvalue weighted by Gasteiger charge is 2.37. The Labute approximate surface area is 154 Å². The van der Waals surface area contributed by atoms with Gasteiger partial charge in [-0.1, -0.05) is 61.7 Å². The van der Waals surface area contributed by atoms with Gasteiger partial charge in [-0.05, 0) is 42.0 Å². The Bertz CT molecular complexity index is 736. The number of benzene rings is 2. The number of aliphatic imine (C=N–C) groups is 1. The molecule has 26 heavy (non-hydrogen) atoms. The molecule has 0 radical (unpaired) electrons. The fraction of sp³-hybridized carbons (Fsp3) is 0.409. The summed E-state index contributed by atoms with van der Waals surface area (Å²) in [5.74, 6) is 1.33. The van der Waals surface area contributed by atoms with Gasteiger partial charge >= 0.3 is 0 Å². The fourth-order valence-corrected chi connectivity index (χ4v) is 4.21. The van der Waals surface area contributed by atoms with Gasteiger partial charge in [0.1, 0.15) is 5.82 Å². The van der Waals surface area contributed by atoms with Gasteiger partial charge in [-0.2, -0.15) is 0 Å². The predicted octanol–water partition coefficient (Wildman–Crippen LogP) is 4.56. The summed E-state index contributed by atoms with van der Waals surface area (Å²) >= 11 is 0. The van der Waals surface area contributed by atoms with Gasteiger partial charge in [-0.3, -0.25) is 0 Å². The molecule has 0 aromatic heterocycles. The largest absolute Gasteiger partial charge is 0.351 e. The molecular weight excluding hydrogens is 325 g/mol. The standard InChI is InChI=1S/C22H26FN3/c23-19-13-11-16(12-14-19)15-24-22-25-20(17-7-3-1-4-8-17)21(26-22)18-9-5-2-6-10-18/h1,3-4,7-8,11-14,18,20-21H,2,5-6,9-10,15H2,(H2,24,25,26)/t20-,21?/m0/s1. The average Bonchev–Trinajstić information content (AvgIpc) is 3.13. The Morgan fingerprint density at radius 3 is 2.35 bits per heavy atom. The Morgan fingerprint density at radius 2 is 1.62 bits per heavy atom. The molecule has 4 rings (SSSR count). The van der Waals surface area contributed by atoms with Crippen molar-refractivity contribution in [3.05, 3.63) is 71.5 Å². The van der Waals surface area contributed by atoms with Crippen LogP contribution in [0.25, 0.3) is 0 Å². The Balaban J connectivity index is 1.52. The van der Waals surface area contributed by atoms with Crippen LogP contribution in [0.5, 0.6) is 0 Å². The van der Waals surface area contributed by atoms with Gasteiger partial charge in [0.2, 0.25) is 0 Å². The molecule has 2 N–H and O–H groups in total. The zero-order valence-corrected chi connectivity index (χ0v) is 15.0. The van der Waals surface area contributed by atoms with E-state index in [9.17, 15) is 4.39 Å². The first-order valence-corrected chi connectivity index (χ1v) is 9.66. The lowest BCUT2D eigenvalue weighted by Crippen LogP contribution is -2.37. The number of guanidine groups is 1. The molecule has 2 aromatic carbocycles. The van der Waals surface area contributed by atoms with Gasteiger partial charge < -0.3 is 10.6 Å². The molecule has 0 amide bonds. The number of hydrogen-bond acceptors (Lipinski definition) is 1. The maximum Gasteiger partial charge on any atom is 0.192 e. The third kappa shape index (κ3) is 3.90. The average molecular weight is 351 g/mol. The van der Waals surface area contributed by atoms with Gasteiger partial charge in [0.25, 0.3) is 0 Å². The normalized spacial score (nSPS) is 25.0. The molecule has 1 heterocycles. The quantitative estimate of drug-likeness (QED) is 0.847. The number of nitrogens with one attached hydrogen (secondary N) is 2. The van der Waals surface area contributed by atoms with Crippen molar-refractivity contribution in [1.29, 1.82) is 0 Å². The van der Waals surface area contributed by atoms with E-state index < -0.39 is 0 Å². The van der Waals surface area contributed by atoms with Crippen LogP contribution in [0, 0.1) is 11.7 Å². The second-order valence-corrected chi connectivity index (χ2v) is 7.39. The molecule has 1 saturated carbocycles. The van der Waals surface area contributed by atoms with E-state index in [0.717, 1.165) is 11.5 Å². The lowest BCUT2D eigenvalue weighted by atomic mass is 9.80. The molecule has 1 unspecified atom stereocenters. The molecule has 1 aliphatic heterocycles. The summed E-state index contributed by atoms with van der Waals surface area (Å²) in [4.78, 5) is 4.72. The van der Waals surface area contributed by atoms with Gasteiger partial charge in [0.05, 0.1) is 18.6 Å². The minimum absolute atomic E-state index is 0.208. The van der Waals surface area contributed by atoms with Crippen LogP contribution >= 0.6 is 0 Å². The summed E-state index contributed by atoms with van der Waals surface area (Å²) in [5.41, 5.74) is 2.32. The summed E-state index contributed by atoms with van der Waals surface area (Å²) in [6, 6.07) is 17.8. The highest BCUT2D eigenvalue weighted by atomic mass is 19.1.